The van der Waals surface area contributed by atoms with E-state index in [-0.39, 0.29) is 0 Å². The van der Waals surface area contributed by atoms with Crippen LogP contribution in [0.15, 0.2) is 46.9 Å². The van der Waals surface area contributed by atoms with Gasteiger partial charge in [-0.25, -0.2) is 0 Å². The molecule has 0 radical (unpaired) electrons. The van der Waals surface area contributed by atoms with Crippen LogP contribution in [0.3, 0.4) is 0 Å². The second-order valence-electron chi connectivity index (χ2n) is 6.25. The topological polar surface area (TPSA) is 60.1 Å². The standard InChI is InChI=1S/C18H16BrN3O/c19-10-5-6-15-13(9-10)18(17(23)22-15)16-12(7-8-20-18)11-3-1-2-4-14(11)21-16/h1-6,9,17,20-23H,7-8H2. The van der Waals surface area contributed by atoms with Crippen molar-refractivity contribution in [2.75, 3.05) is 11.9 Å². The third-order valence-corrected chi connectivity index (χ3v) is 5.59. The van der Waals surface area contributed by atoms with Crippen molar-refractivity contribution in [2.24, 2.45) is 0 Å². The van der Waals surface area contributed by atoms with Gasteiger partial charge < -0.3 is 15.4 Å². The Hall–Kier alpha value is -1.82. The first-order valence-corrected chi connectivity index (χ1v) is 8.59. The molecule has 0 amide bonds. The number of aliphatic hydroxyl groups excluding tert-OH is 1. The zero-order valence-electron chi connectivity index (χ0n) is 12.4. The van der Waals surface area contributed by atoms with Crippen molar-refractivity contribution in [2.45, 2.75) is 18.2 Å². The van der Waals surface area contributed by atoms with Gasteiger partial charge in [-0.3, -0.25) is 5.32 Å². The van der Waals surface area contributed by atoms with Crippen molar-refractivity contribution in [3.63, 3.8) is 0 Å². The minimum Gasteiger partial charge on any atom is -0.371 e. The molecular weight excluding hydrogens is 354 g/mol. The summed E-state index contributed by atoms with van der Waals surface area (Å²) in [5, 5.41) is 18.9. The molecule has 0 aliphatic carbocycles. The lowest BCUT2D eigenvalue weighted by Gasteiger charge is -2.37. The van der Waals surface area contributed by atoms with Crippen molar-refractivity contribution in [3.8, 4) is 0 Å². The zero-order valence-corrected chi connectivity index (χ0v) is 13.9. The van der Waals surface area contributed by atoms with E-state index in [2.05, 4.69) is 55.8 Å². The highest BCUT2D eigenvalue weighted by Crippen LogP contribution is 2.47. The van der Waals surface area contributed by atoms with Crippen molar-refractivity contribution in [1.82, 2.24) is 10.3 Å². The Labute approximate surface area is 142 Å². The van der Waals surface area contributed by atoms with Gasteiger partial charge in [0.05, 0.1) is 0 Å². The van der Waals surface area contributed by atoms with Gasteiger partial charge in [-0.1, -0.05) is 34.1 Å². The summed E-state index contributed by atoms with van der Waals surface area (Å²) in [4.78, 5) is 3.56. The first-order valence-electron chi connectivity index (χ1n) is 7.80. The van der Waals surface area contributed by atoms with Gasteiger partial charge in [0.25, 0.3) is 0 Å². The summed E-state index contributed by atoms with van der Waals surface area (Å²) in [5.74, 6) is 0. The number of aromatic amines is 1. The number of hydrogen-bond acceptors (Lipinski definition) is 3. The van der Waals surface area contributed by atoms with Crippen LogP contribution in [0.1, 0.15) is 16.8 Å². The summed E-state index contributed by atoms with van der Waals surface area (Å²) in [5.41, 5.74) is 4.91. The summed E-state index contributed by atoms with van der Waals surface area (Å²) in [6.07, 6.45) is 0.246. The van der Waals surface area contributed by atoms with Gasteiger partial charge in [0, 0.05) is 38.9 Å². The smallest absolute Gasteiger partial charge is 0.152 e. The molecule has 3 aromatic rings. The summed E-state index contributed by atoms with van der Waals surface area (Å²) in [6.45, 7) is 0.833. The van der Waals surface area contributed by atoms with Crippen molar-refractivity contribution >= 4 is 32.5 Å². The molecule has 0 saturated carbocycles. The van der Waals surface area contributed by atoms with Gasteiger partial charge in [-0.2, -0.15) is 0 Å². The Balaban J connectivity index is 1.85. The second kappa shape index (κ2) is 4.60. The molecule has 3 heterocycles. The molecule has 2 aliphatic rings. The normalized spacial score (nSPS) is 25.4. The second-order valence-corrected chi connectivity index (χ2v) is 7.16. The largest absolute Gasteiger partial charge is 0.371 e. The van der Waals surface area contributed by atoms with Crippen LogP contribution in [-0.2, 0) is 12.0 Å². The SMILES string of the molecule is OC1Nc2ccc(Br)cc2C12NCCc1c2[nH]c2ccccc12. The molecule has 0 fully saturated rings. The van der Waals surface area contributed by atoms with E-state index in [0.29, 0.717) is 0 Å². The number of rotatable bonds is 0. The minimum absolute atomic E-state index is 0.633. The molecule has 0 saturated heterocycles. The number of hydrogen-bond donors (Lipinski definition) is 4. The number of fused-ring (bicyclic) bond motifs is 6. The quantitative estimate of drug-likeness (QED) is 0.492. The fraction of sp³-hybridized carbons (Fsp3) is 0.222. The molecule has 5 heteroatoms. The van der Waals surface area contributed by atoms with Gasteiger partial charge >= 0.3 is 0 Å². The molecule has 4 N–H and O–H groups in total. The average Bonchev–Trinajstić information content (AvgIpc) is 3.06. The Kier molecular flexibility index (Phi) is 2.72. The first-order chi connectivity index (χ1) is 11.2. The van der Waals surface area contributed by atoms with Crippen molar-refractivity contribution in [1.29, 1.82) is 0 Å². The van der Waals surface area contributed by atoms with E-state index in [0.717, 1.165) is 39.9 Å². The molecule has 5 rings (SSSR count). The number of aromatic nitrogens is 1. The van der Waals surface area contributed by atoms with Crippen LogP contribution in [0.25, 0.3) is 10.9 Å². The molecule has 2 atom stereocenters. The number of anilines is 1. The monoisotopic (exact) mass is 369 g/mol. The lowest BCUT2D eigenvalue weighted by atomic mass is 9.81. The summed E-state index contributed by atoms with van der Waals surface area (Å²) in [6, 6.07) is 14.4. The molecule has 2 unspecified atom stereocenters. The molecule has 116 valence electrons. The highest BCUT2D eigenvalue weighted by molar-refractivity contribution is 9.10. The van der Waals surface area contributed by atoms with Crippen LogP contribution in [0, 0.1) is 0 Å². The average molecular weight is 370 g/mol. The summed E-state index contributed by atoms with van der Waals surface area (Å²) >= 11 is 3.56. The van der Waals surface area contributed by atoms with E-state index < -0.39 is 11.8 Å². The minimum atomic E-state index is -0.709. The first kappa shape index (κ1) is 13.6. The van der Waals surface area contributed by atoms with Gasteiger partial charge in [-0.15, -0.1) is 0 Å². The van der Waals surface area contributed by atoms with Gasteiger partial charge in [0.1, 0.15) is 5.54 Å². The Morgan fingerprint density at radius 2 is 2.04 bits per heavy atom. The van der Waals surface area contributed by atoms with Gasteiger partial charge in [-0.05, 0) is 36.2 Å². The van der Waals surface area contributed by atoms with Crippen LogP contribution in [0.4, 0.5) is 5.69 Å². The van der Waals surface area contributed by atoms with Crippen LogP contribution in [-0.4, -0.2) is 22.9 Å². The van der Waals surface area contributed by atoms with E-state index >= 15 is 0 Å². The van der Waals surface area contributed by atoms with Crippen LogP contribution < -0.4 is 10.6 Å². The maximum Gasteiger partial charge on any atom is 0.152 e. The Bertz CT molecular complexity index is 935. The van der Waals surface area contributed by atoms with E-state index in [1.807, 2.05) is 18.2 Å². The fourth-order valence-electron chi connectivity index (χ4n) is 4.10. The summed E-state index contributed by atoms with van der Waals surface area (Å²) in [7, 11) is 0. The molecule has 4 nitrogen and oxygen atoms in total. The highest BCUT2D eigenvalue weighted by Gasteiger charge is 2.51. The van der Waals surface area contributed by atoms with Gasteiger partial charge in [0.2, 0.25) is 0 Å². The molecule has 23 heavy (non-hydrogen) atoms. The van der Waals surface area contributed by atoms with Crippen LogP contribution >= 0.6 is 15.9 Å². The van der Waals surface area contributed by atoms with Gasteiger partial charge in [0.15, 0.2) is 6.23 Å². The number of para-hydroxylation sites is 1. The predicted molar refractivity (Wildman–Crippen MR) is 94.6 cm³/mol. The predicted octanol–water partition coefficient (Wildman–Crippen LogP) is 3.06. The number of benzene rings is 2. The number of nitrogens with one attached hydrogen (secondary N) is 3. The Morgan fingerprint density at radius 1 is 1.17 bits per heavy atom. The lowest BCUT2D eigenvalue weighted by molar-refractivity contribution is 0.110. The van der Waals surface area contributed by atoms with Crippen molar-refractivity contribution < 1.29 is 5.11 Å². The van der Waals surface area contributed by atoms with E-state index in [1.165, 1.54) is 10.9 Å². The Morgan fingerprint density at radius 3 is 2.96 bits per heavy atom. The van der Waals surface area contributed by atoms with E-state index in [9.17, 15) is 5.11 Å². The molecular formula is C18H16BrN3O. The highest BCUT2D eigenvalue weighted by atomic mass is 79.9. The molecule has 1 spiro atoms. The van der Waals surface area contributed by atoms with E-state index in [1.54, 1.807) is 0 Å². The van der Waals surface area contributed by atoms with Crippen LogP contribution in [0.2, 0.25) is 0 Å². The third-order valence-electron chi connectivity index (χ3n) is 5.10. The van der Waals surface area contributed by atoms with E-state index in [4.69, 9.17) is 0 Å². The molecule has 0 bridgehead atoms. The van der Waals surface area contributed by atoms with Crippen LogP contribution in [0.5, 0.6) is 0 Å². The number of H-pyrrole nitrogens is 1. The maximum atomic E-state index is 10.9. The zero-order chi connectivity index (χ0) is 15.6. The fourth-order valence-corrected chi connectivity index (χ4v) is 4.47. The molecule has 1 aromatic heterocycles. The van der Waals surface area contributed by atoms with Crippen molar-refractivity contribution in [3.05, 3.63) is 63.8 Å². The summed E-state index contributed by atoms with van der Waals surface area (Å²) < 4.78 is 1.01. The third kappa shape index (κ3) is 1.67. The number of halogens is 1. The molecule has 2 aliphatic heterocycles. The molecule has 2 aromatic carbocycles. The lowest BCUT2D eigenvalue weighted by Crippen LogP contribution is -2.55. The number of aliphatic hydroxyl groups is 1. The maximum absolute atomic E-state index is 10.9.